The van der Waals surface area contributed by atoms with Crippen LogP contribution in [-0.4, -0.2) is 34.2 Å². The van der Waals surface area contributed by atoms with E-state index in [-0.39, 0.29) is 11.9 Å². The molecular formula is C17H24N4O. The van der Waals surface area contributed by atoms with E-state index in [9.17, 15) is 4.79 Å². The predicted molar refractivity (Wildman–Crippen MR) is 88.8 cm³/mol. The summed E-state index contributed by atoms with van der Waals surface area (Å²) in [4.78, 5) is 14.2. The minimum atomic E-state index is -0.0292. The molecule has 0 unspecified atom stereocenters. The lowest BCUT2D eigenvalue weighted by molar-refractivity contribution is -0.117. The van der Waals surface area contributed by atoms with Crippen molar-refractivity contribution in [2.24, 2.45) is 0 Å². The lowest BCUT2D eigenvalue weighted by atomic mass is 10.1. The molecule has 2 aromatic rings. The molecule has 0 atom stereocenters. The van der Waals surface area contributed by atoms with Gasteiger partial charge < -0.3 is 5.32 Å². The quantitative estimate of drug-likeness (QED) is 0.892. The molecule has 0 radical (unpaired) electrons. The van der Waals surface area contributed by atoms with Gasteiger partial charge in [0, 0.05) is 18.7 Å². The minimum absolute atomic E-state index is 0.0292. The highest BCUT2D eigenvalue weighted by molar-refractivity contribution is 5.91. The fourth-order valence-corrected chi connectivity index (χ4v) is 2.39. The van der Waals surface area contributed by atoms with E-state index in [1.165, 1.54) is 11.1 Å². The van der Waals surface area contributed by atoms with Crippen molar-refractivity contribution in [3.05, 3.63) is 47.7 Å². The maximum atomic E-state index is 12.2. The Morgan fingerprint density at radius 2 is 2.05 bits per heavy atom. The van der Waals surface area contributed by atoms with Crippen LogP contribution in [0.5, 0.6) is 0 Å². The van der Waals surface area contributed by atoms with Gasteiger partial charge in [-0.25, -0.2) is 4.68 Å². The standard InChI is InChI=1S/C17H24N4O/c1-13(2)21-16(9-10-18-21)19-17(22)12-20(4)11-15-8-6-5-7-14(15)3/h5-10,13H,11-12H2,1-4H3,(H,19,22). The van der Waals surface area contributed by atoms with Crippen LogP contribution < -0.4 is 5.32 Å². The van der Waals surface area contributed by atoms with Crippen molar-refractivity contribution >= 4 is 11.7 Å². The third-order valence-electron chi connectivity index (χ3n) is 3.54. The van der Waals surface area contributed by atoms with Crippen molar-refractivity contribution in [3.8, 4) is 0 Å². The molecule has 5 nitrogen and oxygen atoms in total. The largest absolute Gasteiger partial charge is 0.310 e. The molecule has 0 saturated heterocycles. The number of nitrogens with zero attached hydrogens (tertiary/aromatic N) is 3. The molecule has 0 saturated carbocycles. The highest BCUT2D eigenvalue weighted by Crippen LogP contribution is 2.13. The average molecular weight is 300 g/mol. The topological polar surface area (TPSA) is 50.2 Å². The van der Waals surface area contributed by atoms with Crippen LogP contribution in [0.25, 0.3) is 0 Å². The van der Waals surface area contributed by atoms with Gasteiger partial charge in [-0.3, -0.25) is 9.69 Å². The molecule has 5 heteroatoms. The van der Waals surface area contributed by atoms with E-state index >= 15 is 0 Å². The summed E-state index contributed by atoms with van der Waals surface area (Å²) in [6, 6.07) is 10.3. The molecular weight excluding hydrogens is 276 g/mol. The van der Waals surface area contributed by atoms with Crippen LogP contribution in [0.4, 0.5) is 5.82 Å². The number of hydrogen-bond donors (Lipinski definition) is 1. The van der Waals surface area contributed by atoms with Gasteiger partial charge in [0.05, 0.1) is 12.7 Å². The Kier molecular flexibility index (Phi) is 5.33. The number of aryl methyl sites for hydroxylation is 1. The molecule has 1 amide bonds. The zero-order valence-corrected chi connectivity index (χ0v) is 13.7. The Hall–Kier alpha value is -2.14. The van der Waals surface area contributed by atoms with Crippen molar-refractivity contribution in [1.29, 1.82) is 0 Å². The highest BCUT2D eigenvalue weighted by atomic mass is 16.2. The summed E-state index contributed by atoms with van der Waals surface area (Å²) in [7, 11) is 1.95. The number of carbonyl (C=O) groups is 1. The van der Waals surface area contributed by atoms with Crippen LogP contribution in [0.2, 0.25) is 0 Å². The molecule has 0 spiro atoms. The molecule has 1 aromatic heterocycles. The maximum absolute atomic E-state index is 12.2. The molecule has 1 heterocycles. The third kappa shape index (κ3) is 4.18. The van der Waals surface area contributed by atoms with Crippen molar-refractivity contribution in [2.45, 2.75) is 33.4 Å². The number of likely N-dealkylation sites (N-methyl/N-ethyl adjacent to an activating group) is 1. The molecule has 2 rings (SSSR count). The van der Waals surface area contributed by atoms with Gasteiger partial charge in [-0.2, -0.15) is 5.10 Å². The zero-order chi connectivity index (χ0) is 16.1. The number of benzene rings is 1. The van der Waals surface area contributed by atoms with E-state index in [0.717, 1.165) is 12.4 Å². The number of anilines is 1. The second kappa shape index (κ2) is 7.22. The van der Waals surface area contributed by atoms with E-state index in [4.69, 9.17) is 0 Å². The number of nitrogens with one attached hydrogen (secondary N) is 1. The van der Waals surface area contributed by atoms with Gasteiger partial charge in [0.1, 0.15) is 5.82 Å². The van der Waals surface area contributed by atoms with E-state index in [2.05, 4.69) is 29.5 Å². The lowest BCUT2D eigenvalue weighted by Gasteiger charge is -2.18. The monoisotopic (exact) mass is 300 g/mol. The van der Waals surface area contributed by atoms with Crippen LogP contribution in [0.15, 0.2) is 36.5 Å². The van der Waals surface area contributed by atoms with Gasteiger partial charge in [-0.05, 0) is 38.9 Å². The Labute approximate surface area is 131 Å². The van der Waals surface area contributed by atoms with Crippen LogP contribution in [0.1, 0.15) is 31.0 Å². The Bertz CT molecular complexity index is 633. The molecule has 0 aliphatic rings. The van der Waals surface area contributed by atoms with Crippen molar-refractivity contribution in [1.82, 2.24) is 14.7 Å². The molecule has 0 aliphatic carbocycles. The first-order chi connectivity index (χ1) is 10.5. The van der Waals surface area contributed by atoms with E-state index in [1.807, 2.05) is 44.0 Å². The van der Waals surface area contributed by atoms with Gasteiger partial charge >= 0.3 is 0 Å². The maximum Gasteiger partial charge on any atom is 0.239 e. The number of amides is 1. The first kappa shape index (κ1) is 16.2. The van der Waals surface area contributed by atoms with Gasteiger partial charge in [-0.15, -0.1) is 0 Å². The molecule has 0 aliphatic heterocycles. The van der Waals surface area contributed by atoms with Crippen molar-refractivity contribution in [3.63, 3.8) is 0 Å². The fraction of sp³-hybridized carbons (Fsp3) is 0.412. The number of hydrogen-bond acceptors (Lipinski definition) is 3. The SMILES string of the molecule is Cc1ccccc1CN(C)CC(=O)Nc1ccnn1C(C)C. The smallest absolute Gasteiger partial charge is 0.239 e. The minimum Gasteiger partial charge on any atom is -0.310 e. The normalized spacial score (nSPS) is 11.2. The van der Waals surface area contributed by atoms with Crippen LogP contribution in [0.3, 0.4) is 0 Å². The fourth-order valence-electron chi connectivity index (χ4n) is 2.39. The number of rotatable bonds is 6. The van der Waals surface area contributed by atoms with Gasteiger partial charge in [-0.1, -0.05) is 24.3 Å². The zero-order valence-electron chi connectivity index (χ0n) is 13.7. The molecule has 22 heavy (non-hydrogen) atoms. The van der Waals surface area contributed by atoms with Gasteiger partial charge in [0.15, 0.2) is 0 Å². The summed E-state index contributed by atoms with van der Waals surface area (Å²) in [6.07, 6.45) is 1.70. The van der Waals surface area contributed by atoms with Crippen LogP contribution in [-0.2, 0) is 11.3 Å². The highest BCUT2D eigenvalue weighted by Gasteiger charge is 2.12. The summed E-state index contributed by atoms with van der Waals surface area (Å²) < 4.78 is 1.80. The Balaban J connectivity index is 1.91. The number of carbonyl (C=O) groups excluding carboxylic acids is 1. The molecule has 0 bridgehead atoms. The predicted octanol–water partition coefficient (Wildman–Crippen LogP) is 2.84. The molecule has 0 fully saturated rings. The lowest BCUT2D eigenvalue weighted by Crippen LogP contribution is -2.30. The van der Waals surface area contributed by atoms with Crippen LogP contribution >= 0.6 is 0 Å². The van der Waals surface area contributed by atoms with Gasteiger partial charge in [0.25, 0.3) is 0 Å². The first-order valence-electron chi connectivity index (χ1n) is 7.53. The van der Waals surface area contributed by atoms with E-state index < -0.39 is 0 Å². The van der Waals surface area contributed by atoms with Crippen molar-refractivity contribution < 1.29 is 4.79 Å². The van der Waals surface area contributed by atoms with E-state index in [0.29, 0.717) is 6.54 Å². The molecule has 1 aromatic carbocycles. The average Bonchev–Trinajstić information content (AvgIpc) is 2.89. The Morgan fingerprint density at radius 3 is 2.73 bits per heavy atom. The summed E-state index contributed by atoms with van der Waals surface area (Å²) in [5.41, 5.74) is 2.48. The van der Waals surface area contributed by atoms with Crippen LogP contribution in [0, 0.1) is 6.92 Å². The van der Waals surface area contributed by atoms with E-state index in [1.54, 1.807) is 10.9 Å². The number of aromatic nitrogens is 2. The summed E-state index contributed by atoms with van der Waals surface area (Å²) >= 11 is 0. The Morgan fingerprint density at radius 1 is 1.32 bits per heavy atom. The second-order valence-electron chi connectivity index (χ2n) is 5.90. The third-order valence-corrected chi connectivity index (χ3v) is 3.54. The summed E-state index contributed by atoms with van der Waals surface area (Å²) in [5.74, 6) is 0.711. The molecule has 118 valence electrons. The second-order valence-corrected chi connectivity index (χ2v) is 5.90. The van der Waals surface area contributed by atoms with Gasteiger partial charge in [0.2, 0.25) is 5.91 Å². The van der Waals surface area contributed by atoms with Crippen molar-refractivity contribution in [2.75, 3.05) is 18.9 Å². The first-order valence-corrected chi connectivity index (χ1v) is 7.53. The molecule has 1 N–H and O–H groups in total. The summed E-state index contributed by atoms with van der Waals surface area (Å²) in [6.45, 7) is 7.26. The summed E-state index contributed by atoms with van der Waals surface area (Å²) in [5, 5.41) is 7.14.